The lowest BCUT2D eigenvalue weighted by atomic mass is 10.0. The van der Waals surface area contributed by atoms with Crippen LogP contribution in [0.15, 0.2) is 18.5 Å². The average molecular weight is 282 g/mol. The summed E-state index contributed by atoms with van der Waals surface area (Å²) < 4.78 is 3.68. The highest BCUT2D eigenvalue weighted by atomic mass is 16.3. The number of fused-ring (bicyclic) bond motifs is 6. The molecule has 7 heteroatoms. The van der Waals surface area contributed by atoms with Crippen molar-refractivity contribution in [1.82, 2.24) is 29.6 Å². The first-order valence-corrected chi connectivity index (χ1v) is 6.78. The minimum atomic E-state index is 0.0634. The minimum absolute atomic E-state index is 0.0634. The zero-order chi connectivity index (χ0) is 14.6. The third-order valence-corrected chi connectivity index (χ3v) is 4.04. The zero-order valence-corrected chi connectivity index (χ0v) is 11.8. The first kappa shape index (κ1) is 12.2. The van der Waals surface area contributed by atoms with E-state index in [1.54, 1.807) is 10.8 Å². The van der Waals surface area contributed by atoms with E-state index >= 15 is 0 Å². The quantitative estimate of drug-likeness (QED) is 0.598. The molecule has 1 N–H and O–H groups in total. The molecule has 0 amide bonds. The monoisotopic (exact) mass is 282 g/mol. The molecule has 0 aliphatic carbocycles. The molecule has 21 heavy (non-hydrogen) atoms. The van der Waals surface area contributed by atoms with Gasteiger partial charge in [0.25, 0.3) is 0 Å². The fourth-order valence-corrected chi connectivity index (χ4v) is 2.86. The van der Waals surface area contributed by atoms with Gasteiger partial charge in [-0.15, -0.1) is 5.10 Å². The Morgan fingerprint density at radius 2 is 2.10 bits per heavy atom. The van der Waals surface area contributed by atoms with Gasteiger partial charge in [0.2, 0.25) is 5.65 Å². The number of imidazole rings is 1. The number of rotatable bonds is 2. The molecule has 0 unspecified atom stereocenters. The van der Waals surface area contributed by atoms with Gasteiger partial charge in [0.1, 0.15) is 5.52 Å². The van der Waals surface area contributed by atoms with Gasteiger partial charge in [0, 0.05) is 11.9 Å². The predicted molar refractivity (Wildman–Crippen MR) is 78.1 cm³/mol. The molecule has 0 aliphatic rings. The van der Waals surface area contributed by atoms with Gasteiger partial charge in [-0.25, -0.2) is 4.98 Å². The fraction of sp³-hybridized carbons (Fsp3) is 0.286. The summed E-state index contributed by atoms with van der Waals surface area (Å²) in [6.45, 7) is 4.73. The summed E-state index contributed by atoms with van der Waals surface area (Å²) in [5.74, 6) is 0. The van der Waals surface area contributed by atoms with E-state index in [1.165, 1.54) is 11.1 Å². The van der Waals surface area contributed by atoms with Crippen LogP contribution in [-0.2, 0) is 6.54 Å². The van der Waals surface area contributed by atoms with E-state index < -0.39 is 0 Å². The summed E-state index contributed by atoms with van der Waals surface area (Å²) in [5, 5.41) is 22.3. The van der Waals surface area contributed by atoms with Crippen LogP contribution in [0.1, 0.15) is 11.1 Å². The van der Waals surface area contributed by atoms with Crippen LogP contribution < -0.4 is 0 Å². The molecule has 0 bridgehead atoms. The number of aromatic nitrogens is 6. The molecule has 3 aromatic heterocycles. The van der Waals surface area contributed by atoms with Crippen molar-refractivity contribution in [3.05, 3.63) is 29.6 Å². The van der Waals surface area contributed by atoms with Gasteiger partial charge in [-0.2, -0.15) is 4.52 Å². The Labute approximate surface area is 119 Å². The molecule has 0 radical (unpaired) electrons. The second kappa shape index (κ2) is 4.23. The third kappa shape index (κ3) is 1.52. The number of pyridine rings is 1. The van der Waals surface area contributed by atoms with Crippen LogP contribution in [0, 0.1) is 13.8 Å². The molecule has 4 aromatic rings. The lowest BCUT2D eigenvalue weighted by Gasteiger charge is -2.10. The first-order valence-electron chi connectivity index (χ1n) is 6.78. The van der Waals surface area contributed by atoms with Gasteiger partial charge < -0.3 is 9.67 Å². The molecule has 106 valence electrons. The molecule has 3 heterocycles. The number of aliphatic hydroxyl groups is 1. The Hall–Kier alpha value is -2.54. The maximum absolute atomic E-state index is 9.27. The number of hydrogen-bond acceptors (Lipinski definition) is 5. The second-order valence-corrected chi connectivity index (χ2v) is 5.17. The molecule has 0 saturated heterocycles. The van der Waals surface area contributed by atoms with Crippen LogP contribution in [0.5, 0.6) is 0 Å². The number of aryl methyl sites for hydroxylation is 2. The van der Waals surface area contributed by atoms with Crippen LogP contribution in [0.25, 0.3) is 27.6 Å². The molecular formula is C14H14N6O. The maximum Gasteiger partial charge on any atom is 0.207 e. The Bertz CT molecular complexity index is 984. The molecular weight excluding hydrogens is 268 g/mol. The highest BCUT2D eigenvalue weighted by Crippen LogP contribution is 2.31. The molecule has 7 nitrogen and oxygen atoms in total. The van der Waals surface area contributed by atoms with E-state index in [4.69, 9.17) is 0 Å². The van der Waals surface area contributed by atoms with Crippen molar-refractivity contribution in [1.29, 1.82) is 0 Å². The highest BCUT2D eigenvalue weighted by molar-refractivity contribution is 6.09. The van der Waals surface area contributed by atoms with E-state index in [2.05, 4.69) is 40.4 Å². The predicted octanol–water partition coefficient (Wildman–Crippen LogP) is 1.24. The van der Waals surface area contributed by atoms with Crippen molar-refractivity contribution in [3.63, 3.8) is 0 Å². The Kier molecular flexibility index (Phi) is 2.46. The summed E-state index contributed by atoms with van der Waals surface area (Å²) in [5.41, 5.74) is 5.70. The summed E-state index contributed by atoms with van der Waals surface area (Å²) in [6, 6.07) is 4.09. The standard InChI is InChI=1S/C14H14N6O/c1-8-3-4-10-11(9(8)2)13-12(14-16-17-18-20(10)14)15-7-19(13)5-6-21/h3-4,7,21H,5-6H2,1-2H3. The van der Waals surface area contributed by atoms with Crippen LogP contribution in [0.2, 0.25) is 0 Å². The van der Waals surface area contributed by atoms with Crippen molar-refractivity contribution in [2.24, 2.45) is 0 Å². The molecule has 0 fully saturated rings. The highest BCUT2D eigenvalue weighted by Gasteiger charge is 2.17. The van der Waals surface area contributed by atoms with Gasteiger partial charge in [-0.05, 0) is 41.5 Å². The van der Waals surface area contributed by atoms with E-state index in [-0.39, 0.29) is 6.61 Å². The van der Waals surface area contributed by atoms with E-state index in [1.807, 2.05) is 10.6 Å². The van der Waals surface area contributed by atoms with Crippen LogP contribution in [0.4, 0.5) is 0 Å². The van der Waals surface area contributed by atoms with Crippen molar-refractivity contribution in [3.8, 4) is 0 Å². The van der Waals surface area contributed by atoms with Gasteiger partial charge in [0.15, 0.2) is 0 Å². The van der Waals surface area contributed by atoms with Crippen molar-refractivity contribution >= 4 is 27.6 Å². The van der Waals surface area contributed by atoms with Gasteiger partial charge in [-0.3, -0.25) is 0 Å². The molecule has 4 rings (SSSR count). The zero-order valence-electron chi connectivity index (χ0n) is 11.8. The lowest BCUT2D eigenvalue weighted by molar-refractivity contribution is 0.278. The first-order chi connectivity index (χ1) is 10.2. The Balaban J connectivity index is 2.34. The molecule has 0 saturated carbocycles. The van der Waals surface area contributed by atoms with E-state index in [0.29, 0.717) is 12.2 Å². The summed E-state index contributed by atoms with van der Waals surface area (Å²) in [4.78, 5) is 4.45. The van der Waals surface area contributed by atoms with Crippen molar-refractivity contribution < 1.29 is 5.11 Å². The van der Waals surface area contributed by atoms with Crippen LogP contribution >= 0.6 is 0 Å². The average Bonchev–Trinajstić information content (AvgIpc) is 3.09. The van der Waals surface area contributed by atoms with Crippen molar-refractivity contribution in [2.45, 2.75) is 20.4 Å². The number of tetrazole rings is 1. The van der Waals surface area contributed by atoms with E-state index in [9.17, 15) is 5.11 Å². The lowest BCUT2D eigenvalue weighted by Crippen LogP contribution is -2.03. The van der Waals surface area contributed by atoms with Crippen molar-refractivity contribution in [2.75, 3.05) is 6.61 Å². The van der Waals surface area contributed by atoms with Gasteiger partial charge in [0.05, 0.1) is 24.0 Å². The number of hydrogen-bond donors (Lipinski definition) is 1. The normalized spacial score (nSPS) is 12.0. The Morgan fingerprint density at radius 3 is 2.90 bits per heavy atom. The fourth-order valence-electron chi connectivity index (χ4n) is 2.86. The Morgan fingerprint density at radius 1 is 1.24 bits per heavy atom. The molecule has 0 aliphatic heterocycles. The number of nitrogens with zero attached hydrogens (tertiary/aromatic N) is 6. The number of benzene rings is 1. The topological polar surface area (TPSA) is 81.1 Å². The van der Waals surface area contributed by atoms with E-state index in [0.717, 1.165) is 21.9 Å². The maximum atomic E-state index is 9.27. The molecule has 1 aromatic carbocycles. The van der Waals surface area contributed by atoms with Crippen LogP contribution in [0.3, 0.4) is 0 Å². The summed E-state index contributed by atoms with van der Waals surface area (Å²) in [6.07, 6.45) is 1.73. The van der Waals surface area contributed by atoms with Gasteiger partial charge >= 0.3 is 0 Å². The SMILES string of the molecule is Cc1ccc2c(c1C)c1c(ncn1CCO)c1nnnn21. The molecule has 0 atom stereocenters. The third-order valence-electron chi connectivity index (χ3n) is 4.04. The number of aliphatic hydroxyl groups excluding tert-OH is 1. The minimum Gasteiger partial charge on any atom is -0.395 e. The second-order valence-electron chi connectivity index (χ2n) is 5.17. The largest absolute Gasteiger partial charge is 0.395 e. The van der Waals surface area contributed by atoms with Gasteiger partial charge in [-0.1, -0.05) is 6.07 Å². The molecule has 0 spiro atoms. The summed E-state index contributed by atoms with van der Waals surface area (Å²) >= 11 is 0. The smallest absolute Gasteiger partial charge is 0.207 e. The van der Waals surface area contributed by atoms with Crippen LogP contribution in [-0.4, -0.2) is 41.3 Å². The summed E-state index contributed by atoms with van der Waals surface area (Å²) in [7, 11) is 0.